The molecule has 0 saturated heterocycles. The Kier molecular flexibility index (Phi) is 1.92. The molecule has 0 bridgehead atoms. The van der Waals surface area contributed by atoms with Crippen molar-refractivity contribution in [1.29, 1.82) is 0 Å². The van der Waals surface area contributed by atoms with Gasteiger partial charge in [0.1, 0.15) is 0 Å². The molecular formula is C10H18O. The van der Waals surface area contributed by atoms with Crippen LogP contribution < -0.4 is 0 Å². The van der Waals surface area contributed by atoms with Gasteiger partial charge < -0.3 is 5.11 Å². The Bertz CT molecular complexity index is 136. The van der Waals surface area contributed by atoms with Gasteiger partial charge in [-0.2, -0.15) is 0 Å². The molecule has 2 aliphatic rings. The van der Waals surface area contributed by atoms with E-state index < -0.39 is 0 Å². The lowest BCUT2D eigenvalue weighted by molar-refractivity contribution is 0.0502. The molecule has 0 aromatic rings. The van der Waals surface area contributed by atoms with Crippen molar-refractivity contribution in [3.63, 3.8) is 0 Å². The molecule has 0 aromatic heterocycles. The van der Waals surface area contributed by atoms with Crippen LogP contribution >= 0.6 is 0 Å². The summed E-state index contributed by atoms with van der Waals surface area (Å²) >= 11 is 0. The Morgan fingerprint density at radius 1 is 1.00 bits per heavy atom. The molecular weight excluding hydrogens is 136 g/mol. The van der Waals surface area contributed by atoms with Crippen molar-refractivity contribution in [1.82, 2.24) is 0 Å². The second kappa shape index (κ2) is 2.78. The lowest BCUT2D eigenvalue weighted by Crippen LogP contribution is -2.28. The van der Waals surface area contributed by atoms with Gasteiger partial charge in [-0.15, -0.1) is 0 Å². The van der Waals surface area contributed by atoms with Gasteiger partial charge in [-0.3, -0.25) is 0 Å². The zero-order chi connectivity index (χ0) is 7.73. The van der Waals surface area contributed by atoms with Crippen molar-refractivity contribution in [2.75, 3.05) is 0 Å². The van der Waals surface area contributed by atoms with E-state index in [1.165, 1.54) is 38.5 Å². The highest BCUT2D eigenvalue weighted by molar-refractivity contribution is 4.89. The highest BCUT2D eigenvalue weighted by atomic mass is 16.3. The minimum Gasteiger partial charge on any atom is -0.393 e. The molecule has 0 heterocycles. The van der Waals surface area contributed by atoms with Crippen LogP contribution in [-0.2, 0) is 0 Å². The average molecular weight is 154 g/mol. The molecule has 64 valence electrons. The number of aliphatic hydroxyl groups is 1. The van der Waals surface area contributed by atoms with Gasteiger partial charge in [0.15, 0.2) is 0 Å². The largest absolute Gasteiger partial charge is 0.393 e. The normalized spacial score (nSPS) is 36.3. The molecule has 0 aromatic carbocycles. The summed E-state index contributed by atoms with van der Waals surface area (Å²) in [5, 5.41) is 9.53. The van der Waals surface area contributed by atoms with Crippen LogP contribution in [0.2, 0.25) is 0 Å². The fourth-order valence-corrected chi connectivity index (χ4v) is 3.00. The third kappa shape index (κ3) is 1.44. The highest BCUT2D eigenvalue weighted by Crippen LogP contribution is 2.48. The zero-order valence-electron chi connectivity index (χ0n) is 7.18. The van der Waals surface area contributed by atoms with E-state index in [4.69, 9.17) is 0 Å². The summed E-state index contributed by atoms with van der Waals surface area (Å²) in [4.78, 5) is 0. The van der Waals surface area contributed by atoms with Crippen LogP contribution in [0, 0.1) is 5.41 Å². The average Bonchev–Trinajstić information content (AvgIpc) is 2.37. The summed E-state index contributed by atoms with van der Waals surface area (Å²) in [6, 6.07) is 0. The van der Waals surface area contributed by atoms with Crippen LogP contribution in [0.5, 0.6) is 0 Å². The summed E-state index contributed by atoms with van der Waals surface area (Å²) in [5.74, 6) is 0. The van der Waals surface area contributed by atoms with Gasteiger partial charge in [0.05, 0.1) is 6.10 Å². The molecule has 2 aliphatic carbocycles. The second-order valence-corrected chi connectivity index (χ2v) is 4.46. The molecule has 1 heteroatoms. The quantitative estimate of drug-likeness (QED) is 0.568. The fourth-order valence-electron chi connectivity index (χ4n) is 3.00. The Labute approximate surface area is 68.8 Å². The standard InChI is InChI=1S/C10H18O/c11-9-4-3-7-10(8-9)5-1-2-6-10/h9,11H,1-8H2/t9-/m1/s1. The highest BCUT2D eigenvalue weighted by Gasteiger charge is 2.37. The minimum atomic E-state index is 0.0295. The van der Waals surface area contributed by atoms with Crippen LogP contribution in [0.25, 0.3) is 0 Å². The first-order chi connectivity index (χ1) is 5.31. The number of aliphatic hydroxyl groups excluding tert-OH is 1. The minimum absolute atomic E-state index is 0.0295. The lowest BCUT2D eigenvalue weighted by atomic mass is 9.72. The van der Waals surface area contributed by atoms with Crippen LogP contribution in [0.3, 0.4) is 0 Å². The van der Waals surface area contributed by atoms with Gasteiger partial charge in [-0.05, 0) is 37.5 Å². The molecule has 0 radical (unpaired) electrons. The van der Waals surface area contributed by atoms with Crippen molar-refractivity contribution in [3.8, 4) is 0 Å². The van der Waals surface area contributed by atoms with Crippen molar-refractivity contribution in [2.24, 2.45) is 5.41 Å². The molecule has 1 atom stereocenters. The Balaban J connectivity index is 2.00. The van der Waals surface area contributed by atoms with E-state index in [2.05, 4.69) is 0 Å². The van der Waals surface area contributed by atoms with Crippen LogP contribution in [0.4, 0.5) is 0 Å². The third-order valence-corrected chi connectivity index (χ3v) is 3.58. The Morgan fingerprint density at radius 2 is 1.64 bits per heavy atom. The molecule has 2 rings (SSSR count). The van der Waals surface area contributed by atoms with Crippen LogP contribution in [0.15, 0.2) is 0 Å². The topological polar surface area (TPSA) is 20.2 Å². The first-order valence-corrected chi connectivity index (χ1v) is 4.99. The number of rotatable bonds is 0. The maximum absolute atomic E-state index is 9.53. The molecule has 0 amide bonds. The van der Waals surface area contributed by atoms with Crippen molar-refractivity contribution < 1.29 is 5.11 Å². The summed E-state index contributed by atoms with van der Waals surface area (Å²) in [7, 11) is 0. The lowest BCUT2D eigenvalue weighted by Gasteiger charge is -2.35. The van der Waals surface area contributed by atoms with E-state index in [1.54, 1.807) is 0 Å². The number of hydrogen-bond acceptors (Lipinski definition) is 1. The maximum Gasteiger partial charge on any atom is 0.0545 e. The van der Waals surface area contributed by atoms with E-state index in [0.717, 1.165) is 12.8 Å². The van der Waals surface area contributed by atoms with Gasteiger partial charge in [-0.25, -0.2) is 0 Å². The SMILES string of the molecule is O[C@@H]1CCCC2(CCCC2)C1. The van der Waals surface area contributed by atoms with E-state index >= 15 is 0 Å². The van der Waals surface area contributed by atoms with Crippen LogP contribution in [0.1, 0.15) is 51.4 Å². The van der Waals surface area contributed by atoms with E-state index in [9.17, 15) is 5.11 Å². The molecule has 0 unspecified atom stereocenters. The van der Waals surface area contributed by atoms with Gasteiger partial charge >= 0.3 is 0 Å². The fraction of sp³-hybridized carbons (Fsp3) is 1.00. The summed E-state index contributed by atoms with van der Waals surface area (Å²) in [6.45, 7) is 0. The first-order valence-electron chi connectivity index (χ1n) is 4.99. The van der Waals surface area contributed by atoms with Crippen LogP contribution in [-0.4, -0.2) is 11.2 Å². The molecule has 1 spiro atoms. The smallest absolute Gasteiger partial charge is 0.0545 e. The van der Waals surface area contributed by atoms with Crippen molar-refractivity contribution in [3.05, 3.63) is 0 Å². The molecule has 11 heavy (non-hydrogen) atoms. The third-order valence-electron chi connectivity index (χ3n) is 3.58. The van der Waals surface area contributed by atoms with Gasteiger partial charge in [-0.1, -0.05) is 19.3 Å². The zero-order valence-corrected chi connectivity index (χ0v) is 7.18. The maximum atomic E-state index is 9.53. The van der Waals surface area contributed by atoms with Crippen molar-refractivity contribution >= 4 is 0 Å². The van der Waals surface area contributed by atoms with E-state index in [-0.39, 0.29) is 6.10 Å². The van der Waals surface area contributed by atoms with Gasteiger partial charge in [0.2, 0.25) is 0 Å². The molecule has 1 nitrogen and oxygen atoms in total. The molecule has 2 fully saturated rings. The first kappa shape index (κ1) is 7.60. The van der Waals surface area contributed by atoms with E-state index in [0.29, 0.717) is 5.41 Å². The molecule has 1 N–H and O–H groups in total. The van der Waals surface area contributed by atoms with Gasteiger partial charge in [0.25, 0.3) is 0 Å². The summed E-state index contributed by atoms with van der Waals surface area (Å²) in [5.41, 5.74) is 0.595. The predicted molar refractivity (Wildman–Crippen MR) is 45.4 cm³/mol. The monoisotopic (exact) mass is 154 g/mol. The van der Waals surface area contributed by atoms with Gasteiger partial charge in [0, 0.05) is 0 Å². The second-order valence-electron chi connectivity index (χ2n) is 4.46. The molecule has 2 saturated carbocycles. The Morgan fingerprint density at radius 3 is 2.27 bits per heavy atom. The van der Waals surface area contributed by atoms with Crippen molar-refractivity contribution in [2.45, 2.75) is 57.5 Å². The summed E-state index contributed by atoms with van der Waals surface area (Å²) < 4.78 is 0. The Hall–Kier alpha value is -0.0400. The van der Waals surface area contributed by atoms with E-state index in [1.807, 2.05) is 0 Å². The molecule has 0 aliphatic heterocycles. The number of hydrogen-bond donors (Lipinski definition) is 1. The summed E-state index contributed by atoms with van der Waals surface area (Å²) in [6.07, 6.45) is 10.5. The predicted octanol–water partition coefficient (Wildman–Crippen LogP) is 2.48.